The van der Waals surface area contributed by atoms with Gasteiger partial charge in [-0.15, -0.1) is 0 Å². The molecule has 1 heterocycles. The molecule has 1 aromatic heterocycles. The van der Waals surface area contributed by atoms with Crippen LogP contribution in [0.5, 0.6) is 0 Å². The van der Waals surface area contributed by atoms with Crippen LogP contribution in [0, 0.1) is 11.8 Å². The summed E-state index contributed by atoms with van der Waals surface area (Å²) in [6.07, 6.45) is 5.47. The van der Waals surface area contributed by atoms with Gasteiger partial charge in [-0.3, -0.25) is 4.68 Å². The number of aromatic nitrogens is 3. The first-order chi connectivity index (χ1) is 11.3. The highest BCUT2D eigenvalue weighted by molar-refractivity contribution is 6.30. The Labute approximate surface area is 147 Å². The van der Waals surface area contributed by atoms with Crippen LogP contribution in [0.3, 0.4) is 0 Å². The van der Waals surface area contributed by atoms with Crippen LogP contribution in [0.25, 0.3) is 0 Å². The Morgan fingerprint density at radius 3 is 2.58 bits per heavy atom. The number of benzene rings is 1. The molecule has 6 heteroatoms. The topological polar surface area (TPSA) is 71.2 Å². The Bertz CT molecular complexity index is 667. The second-order valence-electron chi connectivity index (χ2n) is 7.40. The minimum atomic E-state index is -1.04. The molecular formula is C18H24ClN3O2. The van der Waals surface area contributed by atoms with Crippen LogP contribution in [0.15, 0.2) is 36.9 Å². The minimum Gasteiger partial charge on any atom is -0.390 e. The quantitative estimate of drug-likeness (QED) is 0.870. The van der Waals surface area contributed by atoms with Crippen LogP contribution in [-0.4, -0.2) is 36.2 Å². The van der Waals surface area contributed by atoms with Crippen molar-refractivity contribution in [2.24, 2.45) is 11.8 Å². The largest absolute Gasteiger partial charge is 0.390 e. The van der Waals surface area contributed by atoms with Crippen molar-refractivity contribution in [2.45, 2.75) is 50.9 Å². The fraction of sp³-hybridized carbons (Fsp3) is 0.556. The molecule has 1 aliphatic rings. The van der Waals surface area contributed by atoms with E-state index in [-0.39, 0.29) is 11.8 Å². The van der Waals surface area contributed by atoms with Gasteiger partial charge < -0.3 is 10.2 Å². The highest BCUT2D eigenvalue weighted by atomic mass is 35.5. The summed E-state index contributed by atoms with van der Waals surface area (Å²) in [4.78, 5) is 3.96. The highest BCUT2D eigenvalue weighted by Crippen LogP contribution is 2.48. The maximum Gasteiger partial charge on any atom is 0.137 e. The van der Waals surface area contributed by atoms with Crippen molar-refractivity contribution < 1.29 is 10.2 Å². The van der Waals surface area contributed by atoms with E-state index in [9.17, 15) is 10.2 Å². The van der Waals surface area contributed by atoms with Crippen LogP contribution >= 0.6 is 11.6 Å². The summed E-state index contributed by atoms with van der Waals surface area (Å²) in [6.45, 7) is 3.88. The van der Waals surface area contributed by atoms with E-state index in [1.807, 2.05) is 24.3 Å². The predicted octanol–water partition coefficient (Wildman–Crippen LogP) is 2.70. The molecule has 3 atom stereocenters. The van der Waals surface area contributed by atoms with E-state index < -0.39 is 11.2 Å². The molecule has 0 saturated heterocycles. The molecular weight excluding hydrogens is 326 g/mol. The molecule has 1 aliphatic carbocycles. The number of hydrogen-bond donors (Lipinski definition) is 2. The van der Waals surface area contributed by atoms with Gasteiger partial charge in [-0.2, -0.15) is 5.10 Å². The number of halogens is 1. The third-order valence-corrected chi connectivity index (χ3v) is 5.50. The molecule has 130 valence electrons. The molecule has 24 heavy (non-hydrogen) atoms. The molecule has 2 N–H and O–H groups in total. The van der Waals surface area contributed by atoms with E-state index in [0.717, 1.165) is 24.8 Å². The van der Waals surface area contributed by atoms with Gasteiger partial charge in [-0.1, -0.05) is 23.7 Å². The zero-order valence-electron chi connectivity index (χ0n) is 14.1. The Morgan fingerprint density at radius 2 is 2.00 bits per heavy atom. The van der Waals surface area contributed by atoms with Crippen LogP contribution in [-0.2, 0) is 13.0 Å². The maximum absolute atomic E-state index is 11.6. The molecule has 0 bridgehead atoms. The van der Waals surface area contributed by atoms with E-state index in [1.54, 1.807) is 24.9 Å². The summed E-state index contributed by atoms with van der Waals surface area (Å²) in [7, 11) is 0. The number of nitrogens with zero attached hydrogens (tertiary/aromatic N) is 3. The average Bonchev–Trinajstić information content (AvgIpc) is 3.10. The summed E-state index contributed by atoms with van der Waals surface area (Å²) >= 11 is 5.96. The van der Waals surface area contributed by atoms with Gasteiger partial charge in [0.05, 0.1) is 17.7 Å². The second-order valence-corrected chi connectivity index (χ2v) is 7.83. The maximum atomic E-state index is 11.6. The van der Waals surface area contributed by atoms with Crippen molar-refractivity contribution in [3.05, 3.63) is 47.5 Å². The van der Waals surface area contributed by atoms with Gasteiger partial charge in [0.1, 0.15) is 12.7 Å². The number of hydrogen-bond acceptors (Lipinski definition) is 4. The lowest BCUT2D eigenvalue weighted by atomic mass is 9.74. The molecule has 1 aromatic carbocycles. The number of aliphatic hydroxyl groups is 2. The summed E-state index contributed by atoms with van der Waals surface area (Å²) in [5, 5.41) is 27.0. The molecule has 3 rings (SSSR count). The minimum absolute atomic E-state index is 0.0410. The fourth-order valence-corrected chi connectivity index (χ4v) is 4.24. The van der Waals surface area contributed by atoms with Crippen molar-refractivity contribution in [3.63, 3.8) is 0 Å². The normalized spacial score (nSPS) is 27.5. The molecule has 0 radical (unpaired) electrons. The summed E-state index contributed by atoms with van der Waals surface area (Å²) in [5.41, 5.74) is -0.854. The first kappa shape index (κ1) is 17.4. The van der Waals surface area contributed by atoms with Crippen molar-refractivity contribution in [1.29, 1.82) is 0 Å². The number of rotatable bonds is 5. The van der Waals surface area contributed by atoms with Gasteiger partial charge in [0.15, 0.2) is 0 Å². The molecule has 0 amide bonds. The molecule has 1 saturated carbocycles. The van der Waals surface area contributed by atoms with E-state index in [1.165, 1.54) is 6.33 Å². The van der Waals surface area contributed by atoms with E-state index >= 15 is 0 Å². The van der Waals surface area contributed by atoms with Gasteiger partial charge in [0.2, 0.25) is 0 Å². The average molecular weight is 350 g/mol. The third-order valence-electron chi connectivity index (χ3n) is 5.24. The standard InChI is InChI=1S/C18H24ClN3O2/c1-17(2,23)16-8-5-14(9-13-3-6-15(19)7-4-13)18(16,24)10-22-12-20-11-21-22/h3-4,6-7,11-12,14,16,23-24H,5,8-10H2,1-2H3/t14-,16?,18-/m1/s1. The van der Waals surface area contributed by atoms with Crippen molar-refractivity contribution in [1.82, 2.24) is 14.8 Å². The Kier molecular flexibility index (Phi) is 4.69. The zero-order valence-corrected chi connectivity index (χ0v) is 14.8. The van der Waals surface area contributed by atoms with Crippen LogP contribution in [0.2, 0.25) is 5.02 Å². The first-order valence-corrected chi connectivity index (χ1v) is 8.68. The Hall–Kier alpha value is -1.43. The summed E-state index contributed by atoms with van der Waals surface area (Å²) in [5.74, 6) is -0.175. The van der Waals surface area contributed by atoms with Crippen molar-refractivity contribution in [2.75, 3.05) is 0 Å². The predicted molar refractivity (Wildman–Crippen MR) is 92.6 cm³/mol. The lowest BCUT2D eigenvalue weighted by molar-refractivity contribution is -0.121. The first-order valence-electron chi connectivity index (χ1n) is 8.30. The van der Waals surface area contributed by atoms with Crippen LogP contribution < -0.4 is 0 Å². The third kappa shape index (κ3) is 3.48. The van der Waals surface area contributed by atoms with E-state index in [2.05, 4.69) is 10.1 Å². The van der Waals surface area contributed by atoms with Crippen LogP contribution in [0.4, 0.5) is 0 Å². The van der Waals surface area contributed by atoms with Gasteiger partial charge in [0, 0.05) is 10.9 Å². The van der Waals surface area contributed by atoms with Gasteiger partial charge in [-0.05, 0) is 56.7 Å². The molecule has 1 fully saturated rings. The molecule has 5 nitrogen and oxygen atoms in total. The van der Waals surface area contributed by atoms with E-state index in [4.69, 9.17) is 11.6 Å². The smallest absolute Gasteiger partial charge is 0.137 e. The molecule has 0 spiro atoms. The van der Waals surface area contributed by atoms with Gasteiger partial charge in [-0.25, -0.2) is 4.98 Å². The molecule has 2 aromatic rings. The van der Waals surface area contributed by atoms with Gasteiger partial charge in [0.25, 0.3) is 0 Å². The monoisotopic (exact) mass is 349 g/mol. The summed E-state index contributed by atoms with van der Waals surface area (Å²) < 4.78 is 1.65. The van der Waals surface area contributed by atoms with E-state index in [0.29, 0.717) is 11.6 Å². The summed E-state index contributed by atoms with van der Waals surface area (Å²) in [6, 6.07) is 7.73. The lowest BCUT2D eigenvalue weighted by Crippen LogP contribution is -2.52. The Balaban J connectivity index is 1.87. The van der Waals surface area contributed by atoms with Crippen molar-refractivity contribution in [3.8, 4) is 0 Å². The van der Waals surface area contributed by atoms with Crippen LogP contribution in [0.1, 0.15) is 32.3 Å². The lowest BCUT2D eigenvalue weighted by Gasteiger charge is -2.41. The molecule has 0 aliphatic heterocycles. The molecule has 1 unspecified atom stereocenters. The van der Waals surface area contributed by atoms with Crippen molar-refractivity contribution >= 4 is 11.6 Å². The fourth-order valence-electron chi connectivity index (χ4n) is 4.11. The zero-order chi connectivity index (χ0) is 17.4. The SMILES string of the molecule is CC(C)(O)C1CC[C@H](Cc2ccc(Cl)cc2)[C@]1(O)Cn1cncn1. The highest BCUT2D eigenvalue weighted by Gasteiger charge is 2.54. The van der Waals surface area contributed by atoms with Gasteiger partial charge >= 0.3 is 0 Å². The second kappa shape index (κ2) is 6.47. The Morgan fingerprint density at radius 1 is 1.29 bits per heavy atom.